The Kier molecular flexibility index (Phi) is 7.02. The molecule has 1 heterocycles. The number of guanidine groups is 1. The summed E-state index contributed by atoms with van der Waals surface area (Å²) in [5.41, 5.74) is 1.19. The number of aliphatic imine (C=N–C) groups is 1. The van der Waals surface area contributed by atoms with E-state index in [0.29, 0.717) is 19.5 Å². The second kappa shape index (κ2) is 9.02. The first kappa shape index (κ1) is 20.2. The summed E-state index contributed by atoms with van der Waals surface area (Å²) in [5, 5.41) is 6.28. The summed E-state index contributed by atoms with van der Waals surface area (Å²) in [6.07, 6.45) is -3.72. The Morgan fingerprint density at radius 2 is 1.96 bits per heavy atom. The van der Waals surface area contributed by atoms with Gasteiger partial charge in [0, 0.05) is 25.5 Å². The average molecular weight is 384 g/mol. The Labute approximate surface area is 155 Å². The lowest BCUT2D eigenvalue weighted by atomic mass is 10.1. The van der Waals surface area contributed by atoms with Gasteiger partial charge in [-0.25, -0.2) is 4.98 Å². The van der Waals surface area contributed by atoms with E-state index in [4.69, 9.17) is 0 Å². The first-order valence-corrected chi connectivity index (χ1v) is 9.24. The number of thiazole rings is 1. The monoisotopic (exact) mass is 384 g/mol. The van der Waals surface area contributed by atoms with E-state index in [1.54, 1.807) is 11.3 Å². The van der Waals surface area contributed by atoms with Crippen molar-refractivity contribution in [1.82, 2.24) is 15.2 Å². The molecule has 2 rings (SSSR count). The summed E-state index contributed by atoms with van der Waals surface area (Å²) in [5.74, 6) is 0.755. The van der Waals surface area contributed by atoms with E-state index in [-0.39, 0.29) is 0 Å². The van der Waals surface area contributed by atoms with Crippen LogP contribution in [0.3, 0.4) is 0 Å². The molecule has 0 atom stereocenters. The fourth-order valence-corrected chi connectivity index (χ4v) is 3.02. The molecule has 142 valence electrons. The van der Waals surface area contributed by atoms with E-state index in [1.807, 2.05) is 31.2 Å². The molecule has 8 heteroatoms. The van der Waals surface area contributed by atoms with Gasteiger partial charge in [0.15, 0.2) is 5.96 Å². The van der Waals surface area contributed by atoms with Crippen molar-refractivity contribution in [2.45, 2.75) is 33.0 Å². The Morgan fingerprint density at radius 3 is 2.50 bits per heavy atom. The Hall–Kier alpha value is -2.09. The van der Waals surface area contributed by atoms with Crippen molar-refractivity contribution in [3.63, 3.8) is 0 Å². The Bertz CT molecular complexity index is 723. The fraction of sp³-hybridized carbons (Fsp3) is 0.444. The second-order valence-corrected chi connectivity index (χ2v) is 6.96. The summed E-state index contributed by atoms with van der Waals surface area (Å²) in [4.78, 5) is 11.0. The number of nitrogens with zero attached hydrogens (tertiary/aromatic N) is 3. The molecular weight excluding hydrogens is 361 g/mol. The molecule has 0 aliphatic carbocycles. The highest BCUT2D eigenvalue weighted by Crippen LogP contribution is 2.29. The van der Waals surface area contributed by atoms with Crippen LogP contribution in [-0.4, -0.2) is 36.0 Å². The van der Waals surface area contributed by atoms with Gasteiger partial charge in [0.1, 0.15) is 0 Å². The molecule has 1 aromatic carbocycles. The van der Waals surface area contributed by atoms with Crippen molar-refractivity contribution in [3.8, 4) is 0 Å². The molecule has 0 bridgehead atoms. The minimum Gasteiger partial charge on any atom is -0.357 e. The quantitative estimate of drug-likeness (QED) is 0.602. The van der Waals surface area contributed by atoms with Crippen LogP contribution in [0.5, 0.6) is 0 Å². The van der Waals surface area contributed by atoms with Crippen LogP contribution >= 0.6 is 11.3 Å². The predicted octanol–water partition coefficient (Wildman–Crippen LogP) is 4.11. The molecule has 0 fully saturated rings. The molecule has 0 saturated heterocycles. The lowest BCUT2D eigenvalue weighted by Crippen LogP contribution is -2.38. The molecule has 0 unspecified atom stereocenters. The van der Waals surface area contributed by atoms with Gasteiger partial charge < -0.3 is 10.2 Å². The third-order valence-corrected chi connectivity index (χ3v) is 4.53. The van der Waals surface area contributed by atoms with E-state index in [2.05, 4.69) is 15.3 Å². The van der Waals surface area contributed by atoms with Gasteiger partial charge in [-0.2, -0.15) is 13.2 Å². The molecule has 0 aliphatic heterocycles. The van der Waals surface area contributed by atoms with E-state index in [0.717, 1.165) is 40.9 Å². The third kappa shape index (κ3) is 6.01. The lowest BCUT2D eigenvalue weighted by molar-refractivity contribution is -0.137. The minimum absolute atomic E-state index is 0.494. The van der Waals surface area contributed by atoms with Gasteiger partial charge in [0.2, 0.25) is 0 Å². The maximum absolute atomic E-state index is 12.6. The smallest absolute Gasteiger partial charge is 0.357 e. The fourth-order valence-electron chi connectivity index (χ4n) is 2.42. The number of aryl methyl sites for hydroxylation is 1. The van der Waals surface area contributed by atoms with Crippen molar-refractivity contribution in [2.75, 3.05) is 20.1 Å². The molecule has 0 saturated carbocycles. The Morgan fingerprint density at radius 1 is 1.27 bits per heavy atom. The minimum atomic E-state index is -4.30. The van der Waals surface area contributed by atoms with Crippen molar-refractivity contribution in [2.24, 2.45) is 4.99 Å². The Balaban J connectivity index is 1.95. The maximum atomic E-state index is 12.6. The number of rotatable bonds is 6. The molecule has 2 aromatic rings. The van der Waals surface area contributed by atoms with E-state index in [9.17, 15) is 13.2 Å². The number of aromatic nitrogens is 1. The van der Waals surface area contributed by atoms with Crippen LogP contribution in [0.15, 0.2) is 34.6 Å². The lowest BCUT2D eigenvalue weighted by Gasteiger charge is -2.21. The largest absolute Gasteiger partial charge is 0.416 e. The molecule has 0 spiro atoms. The van der Waals surface area contributed by atoms with Crippen molar-refractivity contribution >= 4 is 17.3 Å². The summed E-state index contributed by atoms with van der Waals surface area (Å²) >= 11 is 1.61. The molecule has 1 aromatic heterocycles. The SMILES string of the molecule is CCNC(=NCCc1ccc(C(F)(F)F)cc1)N(C)Cc1csc(C)n1. The number of benzene rings is 1. The maximum Gasteiger partial charge on any atom is 0.416 e. The van der Waals surface area contributed by atoms with Crippen molar-refractivity contribution in [3.05, 3.63) is 51.5 Å². The highest BCUT2D eigenvalue weighted by Gasteiger charge is 2.29. The van der Waals surface area contributed by atoms with Crippen LogP contribution in [-0.2, 0) is 19.1 Å². The number of alkyl halides is 3. The number of halogens is 3. The van der Waals surface area contributed by atoms with Crippen LogP contribution in [0, 0.1) is 6.92 Å². The predicted molar refractivity (Wildman–Crippen MR) is 99.4 cm³/mol. The number of hydrogen-bond donors (Lipinski definition) is 1. The molecule has 0 radical (unpaired) electrons. The third-order valence-electron chi connectivity index (χ3n) is 3.71. The van der Waals surface area contributed by atoms with E-state index in [1.165, 1.54) is 12.1 Å². The standard InChI is InChI=1S/C18H23F3N4S/c1-4-22-17(25(3)11-16-12-26-13(2)24-16)23-10-9-14-5-7-15(8-6-14)18(19,20)21/h5-8,12H,4,9-11H2,1-3H3,(H,22,23). The molecule has 26 heavy (non-hydrogen) atoms. The van der Waals surface area contributed by atoms with Crippen LogP contribution in [0.1, 0.15) is 28.8 Å². The molecule has 4 nitrogen and oxygen atoms in total. The zero-order valence-electron chi connectivity index (χ0n) is 15.1. The van der Waals surface area contributed by atoms with Gasteiger partial charge in [-0.1, -0.05) is 12.1 Å². The zero-order chi connectivity index (χ0) is 19.2. The first-order valence-electron chi connectivity index (χ1n) is 8.36. The normalized spacial score (nSPS) is 12.3. The summed E-state index contributed by atoms with van der Waals surface area (Å²) < 4.78 is 37.8. The topological polar surface area (TPSA) is 40.5 Å². The summed E-state index contributed by atoms with van der Waals surface area (Å²) in [7, 11) is 1.94. The van der Waals surface area contributed by atoms with Gasteiger partial charge in [-0.05, 0) is 38.0 Å². The van der Waals surface area contributed by atoms with E-state index >= 15 is 0 Å². The van der Waals surface area contributed by atoms with Crippen LogP contribution < -0.4 is 5.32 Å². The van der Waals surface area contributed by atoms with Crippen LogP contribution in [0.2, 0.25) is 0 Å². The van der Waals surface area contributed by atoms with Crippen molar-refractivity contribution in [1.29, 1.82) is 0 Å². The highest BCUT2D eigenvalue weighted by molar-refractivity contribution is 7.09. The van der Waals surface area contributed by atoms with Gasteiger partial charge >= 0.3 is 6.18 Å². The van der Waals surface area contributed by atoms with Gasteiger partial charge in [-0.15, -0.1) is 11.3 Å². The van der Waals surface area contributed by atoms with Crippen LogP contribution in [0.4, 0.5) is 13.2 Å². The van der Waals surface area contributed by atoms with Gasteiger partial charge in [0.05, 0.1) is 22.8 Å². The zero-order valence-corrected chi connectivity index (χ0v) is 15.9. The van der Waals surface area contributed by atoms with Gasteiger partial charge in [0.25, 0.3) is 0 Å². The molecular formula is C18H23F3N4S. The summed E-state index contributed by atoms with van der Waals surface area (Å²) in [6, 6.07) is 5.24. The van der Waals surface area contributed by atoms with E-state index < -0.39 is 11.7 Å². The van der Waals surface area contributed by atoms with Gasteiger partial charge in [-0.3, -0.25) is 4.99 Å². The number of nitrogens with one attached hydrogen (secondary N) is 1. The molecule has 1 N–H and O–H groups in total. The average Bonchev–Trinajstić information content (AvgIpc) is 2.98. The molecule has 0 aliphatic rings. The van der Waals surface area contributed by atoms with Crippen LogP contribution in [0.25, 0.3) is 0 Å². The first-order chi connectivity index (χ1) is 12.3. The second-order valence-electron chi connectivity index (χ2n) is 5.89. The number of hydrogen-bond acceptors (Lipinski definition) is 3. The summed E-state index contributed by atoms with van der Waals surface area (Å²) in [6.45, 7) is 5.84. The highest BCUT2D eigenvalue weighted by atomic mass is 32.1. The molecule has 0 amide bonds. The van der Waals surface area contributed by atoms with Crippen molar-refractivity contribution < 1.29 is 13.2 Å².